The lowest BCUT2D eigenvalue weighted by atomic mass is 9.86. The summed E-state index contributed by atoms with van der Waals surface area (Å²) in [6.07, 6.45) is 10.1. The Hall–Kier alpha value is -5.44. The molecule has 2 aliphatic heterocycles. The third-order valence-electron chi connectivity index (χ3n) is 13.3. The lowest BCUT2D eigenvalue weighted by molar-refractivity contribution is -0.141. The van der Waals surface area contributed by atoms with Crippen LogP contribution in [0.25, 0.3) is 33.3 Å². The Morgan fingerprint density at radius 1 is 0.937 bits per heavy atom. The molecule has 0 bridgehead atoms. The van der Waals surface area contributed by atoms with Crippen LogP contribution in [0, 0.1) is 5.92 Å². The first-order chi connectivity index (χ1) is 30.2. The van der Waals surface area contributed by atoms with Gasteiger partial charge in [-0.3, -0.25) is 19.1 Å². The van der Waals surface area contributed by atoms with Crippen molar-refractivity contribution in [1.29, 1.82) is 0 Å². The van der Waals surface area contributed by atoms with Gasteiger partial charge in [0.1, 0.15) is 40.9 Å². The van der Waals surface area contributed by atoms with Gasteiger partial charge >= 0.3 is 6.09 Å². The second kappa shape index (κ2) is 16.9. The summed E-state index contributed by atoms with van der Waals surface area (Å²) in [5, 5.41) is 5.95. The molecule has 63 heavy (non-hydrogen) atoms. The number of furan rings is 1. The molecule has 5 aliphatic rings. The number of pyridine rings is 1. The second-order valence-electron chi connectivity index (χ2n) is 19.1. The smallest absolute Gasteiger partial charge is 0.408 e. The van der Waals surface area contributed by atoms with Gasteiger partial charge in [0.15, 0.2) is 11.3 Å². The molecule has 2 aromatic heterocycles. The molecule has 0 spiro atoms. The molecule has 9 rings (SSSR count). The number of hydrogen-bond donors (Lipinski definition) is 3. The number of carbonyl (C=O) groups is 4. The van der Waals surface area contributed by atoms with E-state index in [4.69, 9.17) is 18.9 Å². The van der Waals surface area contributed by atoms with Gasteiger partial charge in [-0.2, -0.15) is 0 Å². The fourth-order valence-corrected chi connectivity index (χ4v) is 10.8. The van der Waals surface area contributed by atoms with E-state index in [1.165, 1.54) is 10.5 Å². The summed E-state index contributed by atoms with van der Waals surface area (Å²) in [7, 11) is -3.91. The number of para-hydroxylation sites is 1. The number of rotatable bonds is 8. The average Bonchev–Trinajstić information content (AvgIpc) is 4.06. The second-order valence-corrected chi connectivity index (χ2v) is 21.1. The molecule has 3 aliphatic carbocycles. The molecular formula is C48H57N5O9S. The summed E-state index contributed by atoms with van der Waals surface area (Å²) >= 11 is 0. The van der Waals surface area contributed by atoms with E-state index in [1.54, 1.807) is 0 Å². The Labute approximate surface area is 368 Å². The molecule has 14 nitrogen and oxygen atoms in total. The van der Waals surface area contributed by atoms with Crippen molar-refractivity contribution < 1.29 is 41.5 Å². The first-order valence-corrected chi connectivity index (χ1v) is 24.2. The number of fused-ring (bicyclic) bond motifs is 5. The van der Waals surface area contributed by atoms with Crippen molar-refractivity contribution in [2.75, 3.05) is 6.54 Å². The molecule has 0 unspecified atom stereocenters. The van der Waals surface area contributed by atoms with Gasteiger partial charge in [-0.25, -0.2) is 18.2 Å². The molecular weight excluding hydrogens is 823 g/mol. The molecule has 1 saturated heterocycles. The lowest BCUT2D eigenvalue weighted by Gasteiger charge is -2.30. The van der Waals surface area contributed by atoms with Gasteiger partial charge in [-0.15, -0.1) is 0 Å². The van der Waals surface area contributed by atoms with Gasteiger partial charge in [-0.1, -0.05) is 82.2 Å². The van der Waals surface area contributed by atoms with E-state index >= 15 is 0 Å². The van der Waals surface area contributed by atoms with E-state index in [-0.39, 0.29) is 30.9 Å². The van der Waals surface area contributed by atoms with Gasteiger partial charge in [-0.05, 0) is 87.3 Å². The minimum Gasteiger partial charge on any atom is -0.484 e. The van der Waals surface area contributed by atoms with Crippen molar-refractivity contribution in [2.45, 2.75) is 145 Å². The molecule has 4 fully saturated rings. The monoisotopic (exact) mass is 879 g/mol. The van der Waals surface area contributed by atoms with Crippen LogP contribution in [0.5, 0.6) is 5.75 Å². The predicted octanol–water partition coefficient (Wildman–Crippen LogP) is 7.33. The van der Waals surface area contributed by atoms with E-state index in [0.717, 1.165) is 49.5 Å². The quantitative estimate of drug-likeness (QED) is 0.151. The van der Waals surface area contributed by atoms with Crippen molar-refractivity contribution >= 4 is 55.9 Å². The SMILES string of the molecule is CC(C)(C)c1ccc(-c2cc(O[C@@H]3C[C@H]4C(=O)N[C@]5(C(=O)NS(=O)(=O)C6CC6)C[C@@H]5/C=C\CCCCC[C@H](NC(=O)OC5CCCC5)C(=O)N4C3)c3oc4ccccc4c3n2)cc1. The van der Waals surface area contributed by atoms with Crippen molar-refractivity contribution in [2.24, 2.45) is 5.92 Å². The predicted molar refractivity (Wildman–Crippen MR) is 237 cm³/mol. The molecule has 4 aromatic rings. The van der Waals surface area contributed by atoms with Crippen LogP contribution in [0.1, 0.15) is 110 Å². The first kappa shape index (κ1) is 42.8. The Morgan fingerprint density at radius 3 is 2.43 bits per heavy atom. The number of hydrogen-bond acceptors (Lipinski definition) is 10. The van der Waals surface area contributed by atoms with E-state index in [0.29, 0.717) is 60.2 Å². The Morgan fingerprint density at radius 2 is 1.68 bits per heavy atom. The van der Waals surface area contributed by atoms with Crippen LogP contribution in [0.15, 0.2) is 71.2 Å². The first-order valence-electron chi connectivity index (χ1n) is 22.6. The molecule has 15 heteroatoms. The summed E-state index contributed by atoms with van der Waals surface area (Å²) in [5.41, 5.74) is 2.77. The van der Waals surface area contributed by atoms with Crippen LogP contribution in [0.4, 0.5) is 4.79 Å². The average molecular weight is 880 g/mol. The van der Waals surface area contributed by atoms with E-state index in [2.05, 4.69) is 48.3 Å². The Bertz CT molecular complexity index is 2560. The van der Waals surface area contributed by atoms with E-state index in [9.17, 15) is 27.6 Å². The van der Waals surface area contributed by atoms with E-state index < -0.39 is 68.7 Å². The van der Waals surface area contributed by atoms with Crippen LogP contribution >= 0.6 is 0 Å². The standard InChI is InChI=1S/C48H57N5O9S/c1-47(2,3)30-21-19-29(20-22-30)37-26-40(42-41(49-37)35-16-11-12-18-39(35)62-42)60-33-25-38-43(54)51-48(45(56)52-63(58,59)34-23-24-34)27-31(48)13-7-5-4-6-8-17-36(44(55)53(38)28-33)50-46(57)61-32-14-9-10-15-32/h7,11-13,16,18-22,26,31-34,36,38H,4-6,8-10,14-15,17,23-25,27-28H2,1-3H3,(H,50,57)(H,51,54)(H,52,56)/b13-7-/t31-,33+,36-,38-,48+/m0/s1. The molecule has 3 N–H and O–H groups in total. The summed E-state index contributed by atoms with van der Waals surface area (Å²) in [4.78, 5) is 63.3. The number of ether oxygens (including phenoxy) is 2. The highest BCUT2D eigenvalue weighted by Gasteiger charge is 2.62. The fourth-order valence-electron chi connectivity index (χ4n) is 9.39. The highest BCUT2D eigenvalue weighted by molar-refractivity contribution is 7.91. The van der Waals surface area contributed by atoms with Crippen molar-refractivity contribution in [3.8, 4) is 17.0 Å². The number of benzene rings is 2. The van der Waals surface area contributed by atoms with Crippen molar-refractivity contribution in [3.63, 3.8) is 0 Å². The lowest BCUT2D eigenvalue weighted by Crippen LogP contribution is -2.58. The number of carbonyl (C=O) groups excluding carboxylic acids is 4. The zero-order chi connectivity index (χ0) is 44.1. The third-order valence-corrected chi connectivity index (χ3v) is 15.2. The minimum atomic E-state index is -3.91. The third kappa shape index (κ3) is 9.03. The van der Waals surface area contributed by atoms with Crippen LogP contribution in [-0.4, -0.2) is 83.7 Å². The maximum absolute atomic E-state index is 14.8. The molecule has 2 aromatic carbocycles. The molecule has 5 atom stereocenters. The maximum Gasteiger partial charge on any atom is 0.408 e. The topological polar surface area (TPSA) is 186 Å². The largest absolute Gasteiger partial charge is 0.484 e. The Kier molecular flexibility index (Phi) is 11.5. The summed E-state index contributed by atoms with van der Waals surface area (Å²) < 4.78 is 47.2. The van der Waals surface area contributed by atoms with Crippen LogP contribution in [0.2, 0.25) is 0 Å². The van der Waals surface area contributed by atoms with Crippen molar-refractivity contribution in [1.82, 2.24) is 25.2 Å². The normalized spacial score (nSPS) is 26.6. The molecule has 4 amide bonds. The van der Waals surface area contributed by atoms with Crippen LogP contribution in [-0.2, 0) is 34.6 Å². The number of sulfonamides is 1. The molecule has 3 saturated carbocycles. The van der Waals surface area contributed by atoms with E-state index in [1.807, 2.05) is 54.6 Å². The number of amides is 4. The minimum absolute atomic E-state index is 0.0228. The maximum atomic E-state index is 14.8. The highest BCUT2D eigenvalue weighted by atomic mass is 32.2. The van der Waals surface area contributed by atoms with Gasteiger partial charge in [0.25, 0.3) is 5.91 Å². The van der Waals surface area contributed by atoms with Crippen molar-refractivity contribution in [3.05, 3.63) is 72.3 Å². The zero-order valence-electron chi connectivity index (χ0n) is 36.2. The molecule has 4 heterocycles. The fraction of sp³-hybridized carbons (Fsp3) is 0.521. The summed E-state index contributed by atoms with van der Waals surface area (Å²) in [5.74, 6) is -1.92. The molecule has 334 valence electrons. The number of aromatic nitrogens is 1. The number of alkyl carbamates (subject to hydrolysis) is 1. The zero-order valence-corrected chi connectivity index (χ0v) is 37.0. The van der Waals surface area contributed by atoms with Crippen LogP contribution in [0.3, 0.4) is 0 Å². The van der Waals surface area contributed by atoms with Gasteiger partial charge < -0.3 is 29.4 Å². The number of nitrogens with zero attached hydrogens (tertiary/aromatic N) is 2. The van der Waals surface area contributed by atoms with Gasteiger partial charge in [0.2, 0.25) is 21.8 Å². The highest BCUT2D eigenvalue weighted by Crippen LogP contribution is 2.46. The Balaban J connectivity index is 1.05. The summed E-state index contributed by atoms with van der Waals surface area (Å²) in [6, 6.07) is 15.5. The van der Waals surface area contributed by atoms with Gasteiger partial charge in [0.05, 0.1) is 17.5 Å². The molecule has 0 radical (unpaired) electrons. The summed E-state index contributed by atoms with van der Waals surface area (Å²) in [6.45, 7) is 6.45. The van der Waals surface area contributed by atoms with Gasteiger partial charge in [0, 0.05) is 29.4 Å². The number of allylic oxidation sites excluding steroid dienone is 1. The number of nitrogens with one attached hydrogen (secondary N) is 3. The van der Waals surface area contributed by atoms with Crippen LogP contribution < -0.4 is 20.1 Å².